The summed E-state index contributed by atoms with van der Waals surface area (Å²) in [5.74, 6) is 0. The predicted octanol–water partition coefficient (Wildman–Crippen LogP) is 6.10. The maximum Gasteiger partial charge on any atom is 0.216 e. The number of nitrogens with zero attached hydrogens (tertiary/aromatic N) is 2. The predicted molar refractivity (Wildman–Crippen MR) is 131 cm³/mol. The highest BCUT2D eigenvalue weighted by molar-refractivity contribution is 6.89. The Morgan fingerprint density at radius 1 is 1.00 bits per heavy atom. The van der Waals surface area contributed by atoms with E-state index in [2.05, 4.69) is 89.4 Å². The first-order valence-electron chi connectivity index (χ1n) is 10.8. The van der Waals surface area contributed by atoms with Crippen LogP contribution in [0.2, 0.25) is 19.6 Å². The zero-order chi connectivity index (χ0) is 22.7. The molecule has 2 aromatic heterocycles. The highest BCUT2D eigenvalue weighted by atomic mass is 28.3. The maximum atomic E-state index is 9.29. The first-order chi connectivity index (χ1) is 14.4. The number of rotatable bonds is 2. The van der Waals surface area contributed by atoms with E-state index in [1.165, 1.54) is 16.3 Å². The number of pyridine rings is 1. The maximum absolute atomic E-state index is 9.29. The van der Waals surface area contributed by atoms with Gasteiger partial charge in [-0.3, -0.25) is 0 Å². The molecule has 2 heterocycles. The van der Waals surface area contributed by atoms with Gasteiger partial charge in [0.2, 0.25) is 5.69 Å². The summed E-state index contributed by atoms with van der Waals surface area (Å²) in [7, 11) is 0.617. The normalized spacial score (nSPS) is 12.5. The van der Waals surface area contributed by atoms with Gasteiger partial charge in [-0.05, 0) is 41.7 Å². The number of furan rings is 1. The molecule has 0 atom stereocenters. The monoisotopic (exact) mass is 427 g/mol. The lowest BCUT2D eigenvalue weighted by Crippen LogP contribution is -2.49. The SMILES string of the molecule is Cc1ccc2c(oc3cc(C#N)ccc32)c1-c1cc(C(C)(C)C)c([Si](C)(C)C)c[n+]1C. The fraction of sp³-hybridized carbons (Fsp3) is 0.333. The average Bonchev–Trinajstić information content (AvgIpc) is 3.04. The van der Waals surface area contributed by atoms with Crippen LogP contribution in [0.25, 0.3) is 33.2 Å². The topological polar surface area (TPSA) is 40.8 Å². The van der Waals surface area contributed by atoms with Crippen LogP contribution in [0.1, 0.15) is 37.5 Å². The first kappa shape index (κ1) is 21.3. The van der Waals surface area contributed by atoms with Gasteiger partial charge in [-0.1, -0.05) is 52.5 Å². The van der Waals surface area contributed by atoms with Crippen molar-refractivity contribution in [1.29, 1.82) is 5.26 Å². The Kier molecular flexibility index (Phi) is 4.86. The number of hydrogen-bond donors (Lipinski definition) is 0. The molecule has 4 heteroatoms. The molecule has 0 unspecified atom stereocenters. The second-order valence-corrected chi connectivity index (χ2v) is 15.7. The van der Waals surface area contributed by atoms with Gasteiger partial charge in [-0.2, -0.15) is 5.26 Å². The van der Waals surface area contributed by atoms with Crippen LogP contribution in [-0.4, -0.2) is 8.07 Å². The van der Waals surface area contributed by atoms with Gasteiger partial charge in [0.15, 0.2) is 6.20 Å². The Morgan fingerprint density at radius 2 is 1.68 bits per heavy atom. The van der Waals surface area contributed by atoms with Crippen LogP contribution in [0.15, 0.2) is 47.0 Å². The standard InChI is InChI=1S/C27H31N2OSi/c1-17-9-11-20-19-12-10-18(15-28)13-23(19)30-26(20)25(17)22-14-21(27(2,3)4)24(16-29(22)5)31(6,7)8/h9-14,16H,1-8H3/q+1. The zero-order valence-corrected chi connectivity index (χ0v) is 20.8. The van der Waals surface area contributed by atoms with Gasteiger partial charge in [-0.25, -0.2) is 4.57 Å². The summed E-state index contributed by atoms with van der Waals surface area (Å²) < 4.78 is 8.65. The quantitative estimate of drug-likeness (QED) is 0.286. The molecule has 4 aromatic rings. The number of aryl methyl sites for hydroxylation is 2. The molecule has 0 aliphatic heterocycles. The zero-order valence-electron chi connectivity index (χ0n) is 19.8. The number of nitriles is 1. The van der Waals surface area contributed by atoms with Crippen LogP contribution in [-0.2, 0) is 12.5 Å². The van der Waals surface area contributed by atoms with Gasteiger partial charge < -0.3 is 4.42 Å². The Hall–Kier alpha value is -2.90. The number of benzene rings is 2. The van der Waals surface area contributed by atoms with E-state index < -0.39 is 8.07 Å². The number of fused-ring (bicyclic) bond motifs is 3. The summed E-state index contributed by atoms with van der Waals surface area (Å²) in [4.78, 5) is 0. The van der Waals surface area contributed by atoms with Crippen molar-refractivity contribution in [2.24, 2.45) is 7.05 Å². The molecular formula is C27H31N2OSi+. The van der Waals surface area contributed by atoms with E-state index in [1.54, 1.807) is 0 Å². The van der Waals surface area contributed by atoms with E-state index in [0.717, 1.165) is 33.2 Å². The van der Waals surface area contributed by atoms with Gasteiger partial charge in [0, 0.05) is 22.0 Å². The van der Waals surface area contributed by atoms with Crippen molar-refractivity contribution >= 4 is 35.2 Å². The van der Waals surface area contributed by atoms with E-state index in [4.69, 9.17) is 4.42 Å². The second kappa shape index (κ2) is 7.07. The van der Waals surface area contributed by atoms with E-state index in [1.807, 2.05) is 18.2 Å². The molecule has 0 bridgehead atoms. The van der Waals surface area contributed by atoms with Crippen molar-refractivity contribution < 1.29 is 8.98 Å². The molecule has 158 valence electrons. The lowest BCUT2D eigenvalue weighted by molar-refractivity contribution is -0.659. The van der Waals surface area contributed by atoms with Gasteiger partial charge >= 0.3 is 0 Å². The summed E-state index contributed by atoms with van der Waals surface area (Å²) in [5.41, 5.74) is 7.21. The molecule has 3 nitrogen and oxygen atoms in total. The molecule has 0 aliphatic rings. The second-order valence-electron chi connectivity index (χ2n) is 10.7. The summed E-state index contributed by atoms with van der Waals surface area (Å²) in [5, 5.41) is 12.9. The van der Waals surface area contributed by atoms with Crippen LogP contribution in [0.4, 0.5) is 0 Å². The minimum atomic E-state index is -1.52. The lowest BCUT2D eigenvalue weighted by atomic mass is 9.86. The highest BCUT2D eigenvalue weighted by Gasteiger charge is 2.32. The molecule has 0 N–H and O–H groups in total. The molecule has 0 spiro atoms. The van der Waals surface area contributed by atoms with Crippen LogP contribution >= 0.6 is 0 Å². The molecule has 0 saturated carbocycles. The molecule has 0 aliphatic carbocycles. The Bertz CT molecular complexity index is 1380. The van der Waals surface area contributed by atoms with E-state index >= 15 is 0 Å². The van der Waals surface area contributed by atoms with Gasteiger partial charge in [0.1, 0.15) is 18.2 Å². The molecule has 0 amide bonds. The molecule has 31 heavy (non-hydrogen) atoms. The van der Waals surface area contributed by atoms with Crippen LogP contribution in [0, 0.1) is 18.3 Å². The fourth-order valence-corrected chi connectivity index (χ4v) is 6.28. The Balaban J connectivity index is 2.09. The van der Waals surface area contributed by atoms with Gasteiger partial charge in [-0.15, -0.1) is 0 Å². The third-order valence-corrected chi connectivity index (χ3v) is 8.14. The molecule has 2 aromatic carbocycles. The van der Waals surface area contributed by atoms with Gasteiger partial charge in [0.05, 0.1) is 25.3 Å². The van der Waals surface area contributed by atoms with Crippen molar-refractivity contribution in [2.45, 2.75) is 52.8 Å². The molecule has 0 radical (unpaired) electrons. The summed E-state index contributed by atoms with van der Waals surface area (Å²) >= 11 is 0. The fourth-order valence-electron chi connectivity index (χ4n) is 4.44. The molecule has 0 fully saturated rings. The minimum Gasteiger partial charge on any atom is -0.455 e. The largest absolute Gasteiger partial charge is 0.455 e. The Morgan fingerprint density at radius 3 is 2.29 bits per heavy atom. The smallest absolute Gasteiger partial charge is 0.216 e. The van der Waals surface area contributed by atoms with Crippen LogP contribution in [0.5, 0.6) is 0 Å². The van der Waals surface area contributed by atoms with E-state index in [0.29, 0.717) is 5.56 Å². The summed E-state index contributed by atoms with van der Waals surface area (Å²) in [6.45, 7) is 16.3. The summed E-state index contributed by atoms with van der Waals surface area (Å²) in [6.07, 6.45) is 2.34. The lowest BCUT2D eigenvalue weighted by Gasteiger charge is -2.28. The average molecular weight is 428 g/mol. The van der Waals surface area contributed by atoms with Gasteiger partial charge in [0.25, 0.3) is 0 Å². The van der Waals surface area contributed by atoms with E-state index in [-0.39, 0.29) is 5.41 Å². The minimum absolute atomic E-state index is 0.0516. The van der Waals surface area contributed by atoms with E-state index in [9.17, 15) is 5.26 Å². The summed E-state index contributed by atoms with van der Waals surface area (Å²) in [6, 6.07) is 14.6. The van der Waals surface area contributed by atoms with Crippen molar-refractivity contribution in [3.63, 3.8) is 0 Å². The third kappa shape index (κ3) is 3.57. The van der Waals surface area contributed by atoms with Crippen molar-refractivity contribution in [1.82, 2.24) is 0 Å². The molecule has 0 saturated heterocycles. The van der Waals surface area contributed by atoms with Crippen molar-refractivity contribution in [3.8, 4) is 17.3 Å². The number of hydrogen-bond acceptors (Lipinski definition) is 2. The van der Waals surface area contributed by atoms with Crippen LogP contribution in [0.3, 0.4) is 0 Å². The highest BCUT2D eigenvalue weighted by Crippen LogP contribution is 2.38. The van der Waals surface area contributed by atoms with Crippen LogP contribution < -0.4 is 9.75 Å². The molecule has 4 rings (SSSR count). The Labute approximate surface area is 185 Å². The number of aromatic nitrogens is 1. The third-order valence-electron chi connectivity index (χ3n) is 6.13. The molecular weight excluding hydrogens is 396 g/mol. The first-order valence-corrected chi connectivity index (χ1v) is 14.3. The van der Waals surface area contributed by atoms with Crippen molar-refractivity contribution in [2.75, 3.05) is 0 Å². The van der Waals surface area contributed by atoms with Crippen molar-refractivity contribution in [3.05, 3.63) is 59.3 Å².